The smallest absolute Gasteiger partial charge is 0.354 e. The lowest BCUT2D eigenvalue weighted by atomic mass is 9.94. The molecule has 0 saturated carbocycles. The summed E-state index contributed by atoms with van der Waals surface area (Å²) in [7, 11) is 8.55. The number of benzene rings is 2. The van der Waals surface area contributed by atoms with Crippen LogP contribution in [0.4, 0.5) is 13.2 Å². The summed E-state index contributed by atoms with van der Waals surface area (Å²) in [6, 6.07) is -0.351. The Balaban J connectivity index is 1.36. The second-order valence-electron chi connectivity index (χ2n) is 28.5. The monoisotopic (exact) mass is 1420 g/mol. The topological polar surface area (TPSA) is 270 Å². The number of hydrogen-bond acceptors (Lipinski definition) is 12. The molecule has 4 saturated heterocycles. The van der Waals surface area contributed by atoms with Crippen LogP contribution >= 0.6 is 11.6 Å². The largest absolute Gasteiger partial charge is 0.417 e. The van der Waals surface area contributed by atoms with Gasteiger partial charge in [-0.05, 0) is 125 Å². The van der Waals surface area contributed by atoms with Gasteiger partial charge < -0.3 is 60.0 Å². The van der Waals surface area contributed by atoms with Crippen LogP contribution in [-0.2, 0) is 76.6 Å². The quantitative estimate of drug-likeness (QED) is 0.253. The van der Waals surface area contributed by atoms with E-state index in [9.17, 15) is 70.7 Å². The third kappa shape index (κ3) is 20.5. The van der Waals surface area contributed by atoms with Crippen molar-refractivity contribution >= 4 is 82.5 Å². The molecule has 2 aromatic carbocycles. The maximum absolute atomic E-state index is 14.9. The third-order valence-electron chi connectivity index (χ3n) is 20.4. The predicted molar refractivity (Wildman–Crippen MR) is 370 cm³/mol. The molecule has 4 aliphatic heterocycles. The van der Waals surface area contributed by atoms with Gasteiger partial charge in [0.15, 0.2) is 0 Å². The van der Waals surface area contributed by atoms with E-state index in [4.69, 9.17) is 11.6 Å². The summed E-state index contributed by atoms with van der Waals surface area (Å²) in [4.78, 5) is 187. The van der Waals surface area contributed by atoms with Crippen LogP contribution in [-0.4, -0.2) is 251 Å². The number of nitrogens with zero attached hydrogens (tertiary/aromatic N) is 9. The first-order valence-electron chi connectivity index (χ1n) is 35.2. The van der Waals surface area contributed by atoms with Gasteiger partial charge in [0.05, 0.1) is 23.6 Å². The number of fused-ring (bicyclic) bond motifs is 2. The molecule has 0 aliphatic carbocycles. The second kappa shape index (κ2) is 36.2. The lowest BCUT2D eigenvalue weighted by molar-refractivity contribution is -0.160. The Morgan fingerprint density at radius 3 is 1.86 bits per heavy atom. The van der Waals surface area contributed by atoms with Crippen molar-refractivity contribution in [3.8, 4) is 0 Å². The zero-order valence-electron chi connectivity index (χ0n) is 60.8. The van der Waals surface area contributed by atoms with Gasteiger partial charge in [-0.3, -0.25) is 57.5 Å². The summed E-state index contributed by atoms with van der Waals surface area (Å²) in [6.45, 7) is 14.7. The molecule has 2 aromatic rings. The van der Waals surface area contributed by atoms with Crippen molar-refractivity contribution in [1.82, 2.24) is 60.0 Å². The Morgan fingerprint density at radius 2 is 1.27 bits per heavy atom. The van der Waals surface area contributed by atoms with E-state index in [2.05, 4.69) is 16.0 Å². The number of carbonyl (C=O) groups is 12. The molecule has 4 aliphatic rings. The number of hydrogen-bond donors (Lipinski definition) is 3. The Bertz CT molecular complexity index is 3280. The number of nitrogens with one attached hydrogen (secondary N) is 3. The summed E-state index contributed by atoms with van der Waals surface area (Å²) < 4.78 is 41.3. The molecule has 28 heteroatoms. The highest BCUT2D eigenvalue weighted by molar-refractivity contribution is 6.31. The fourth-order valence-electron chi connectivity index (χ4n) is 13.6. The predicted octanol–water partition coefficient (Wildman–Crippen LogP) is 5.47. The van der Waals surface area contributed by atoms with Gasteiger partial charge in [0, 0.05) is 87.9 Å². The molecule has 0 unspecified atom stereocenters. The molecule has 4 fully saturated rings. The normalized spacial score (nSPS) is 25.8. The Labute approximate surface area is 592 Å². The lowest BCUT2D eigenvalue weighted by Gasteiger charge is -2.45. The standard InChI is InChI=1S/C72H106ClF3N12O12/c1-15-46(7)61-70(99)81(10)47(8)65(94)88-37-32-54(88)68(97)83(12)56(40-49-26-24-45(6)25-27-49)67(96)80(9)42-58(89)78-52(31-29-48-28-30-50(51(73)39-48)72(74,75)76)66(95)87-36-21-22-53(87)63(92)77-33-18-17-23-59(90)85(14)62(44(4)5)71(100)84(13)57(69(98)86-34-19-16-20-35-86)41-60(91)82(11)55(38-43(2)3)64(93)79-61/h24-28,30,39,43-44,46-47,52-57,61-62H,15-23,29,31-38,40-42H2,1-14H3,(H,77,92)(H,78,89)(H,79,93)/t46-,47-,52-,53-,54-,55-,56-,57-,61-,62-/m0/s1. The molecular formula is C72H106ClF3N12O12. The van der Waals surface area contributed by atoms with Gasteiger partial charge in [0.1, 0.15) is 54.4 Å². The van der Waals surface area contributed by atoms with E-state index in [1.54, 1.807) is 37.8 Å². The van der Waals surface area contributed by atoms with Gasteiger partial charge in [-0.25, -0.2) is 0 Å². The number of likely N-dealkylation sites (tertiary alicyclic amines) is 1. The Hall–Kier alpha value is -7.84. The number of piperidine rings is 1. The molecule has 0 aromatic heterocycles. The van der Waals surface area contributed by atoms with Gasteiger partial charge in [0.2, 0.25) is 70.9 Å². The number of alkyl halides is 3. The van der Waals surface area contributed by atoms with Crippen molar-refractivity contribution in [3.05, 3.63) is 69.7 Å². The minimum absolute atomic E-state index is 0.0347. The van der Waals surface area contributed by atoms with Crippen LogP contribution in [0.1, 0.15) is 154 Å². The van der Waals surface area contributed by atoms with Crippen LogP contribution in [0.25, 0.3) is 0 Å². The second-order valence-corrected chi connectivity index (χ2v) is 28.9. The van der Waals surface area contributed by atoms with Crippen molar-refractivity contribution in [1.29, 1.82) is 0 Å². The van der Waals surface area contributed by atoms with Crippen LogP contribution in [0.15, 0.2) is 42.5 Å². The average Bonchev–Trinajstić information content (AvgIpc) is 0.886. The van der Waals surface area contributed by atoms with Crippen molar-refractivity contribution < 1.29 is 70.7 Å². The van der Waals surface area contributed by atoms with Gasteiger partial charge in [-0.15, -0.1) is 0 Å². The number of rotatable bonds is 11. The molecule has 0 spiro atoms. The fourth-order valence-corrected chi connectivity index (χ4v) is 13.9. The number of likely N-dealkylation sites (N-methyl/N-ethyl adjacent to an activating group) is 6. The molecule has 3 N–H and O–H groups in total. The summed E-state index contributed by atoms with van der Waals surface area (Å²) in [6.07, 6.45) is -1.38. The van der Waals surface area contributed by atoms with E-state index in [0.29, 0.717) is 56.3 Å². The zero-order valence-corrected chi connectivity index (χ0v) is 61.5. The first-order chi connectivity index (χ1) is 47.0. The van der Waals surface area contributed by atoms with Crippen LogP contribution < -0.4 is 16.0 Å². The molecular weight excluding hydrogens is 1320 g/mol. The molecule has 0 bridgehead atoms. The molecule has 0 radical (unpaired) electrons. The molecule has 12 amide bonds. The molecule has 554 valence electrons. The maximum Gasteiger partial charge on any atom is 0.417 e. The van der Waals surface area contributed by atoms with Gasteiger partial charge in [0.25, 0.3) is 0 Å². The lowest BCUT2D eigenvalue weighted by Crippen LogP contribution is -2.65. The number of aryl methyl sites for hydroxylation is 2. The average molecular weight is 1420 g/mol. The number of carbonyl (C=O) groups excluding carboxylic acids is 12. The van der Waals surface area contributed by atoms with E-state index < -0.39 is 167 Å². The third-order valence-corrected chi connectivity index (χ3v) is 20.7. The van der Waals surface area contributed by atoms with Gasteiger partial charge >= 0.3 is 6.18 Å². The van der Waals surface area contributed by atoms with Crippen molar-refractivity contribution in [2.45, 2.75) is 212 Å². The first-order valence-corrected chi connectivity index (χ1v) is 35.6. The summed E-state index contributed by atoms with van der Waals surface area (Å²) in [5.74, 6) is -8.45. The van der Waals surface area contributed by atoms with E-state index in [-0.39, 0.29) is 76.9 Å². The van der Waals surface area contributed by atoms with E-state index >= 15 is 0 Å². The SMILES string of the molecule is CC[C@H](C)[C@@H]1NC(=O)[C@H](CC(C)C)N(C)C(=O)C[C@@H](C(=O)N2CCCCC2)N(C)C(=O)[C@H](C(C)C)N(C)C(=O)CCCCNC(=O)[C@@H]2CCCN2C(=O)[C@H](CCc2ccc(C(F)(F)F)c(Cl)c2)NC(=O)CN(C)C(=O)[C@H](Cc2ccc(C)cc2)N(C)C(=O)[C@@H]2CCN2C(=O)[C@H](C)N(C)C1=O. The highest BCUT2D eigenvalue weighted by Crippen LogP contribution is 2.36. The van der Waals surface area contributed by atoms with Crippen molar-refractivity contribution in [2.24, 2.45) is 17.8 Å². The minimum atomic E-state index is -4.75. The highest BCUT2D eigenvalue weighted by Gasteiger charge is 2.47. The zero-order chi connectivity index (χ0) is 74.4. The number of amides is 12. The maximum atomic E-state index is 14.9. The first kappa shape index (κ1) is 81.1. The summed E-state index contributed by atoms with van der Waals surface area (Å²) >= 11 is 6.11. The van der Waals surface area contributed by atoms with Crippen LogP contribution in [0.2, 0.25) is 5.02 Å². The summed E-state index contributed by atoms with van der Waals surface area (Å²) in [5.41, 5.74) is 0.822. The van der Waals surface area contributed by atoms with E-state index in [1.165, 1.54) is 89.6 Å². The van der Waals surface area contributed by atoms with Crippen LogP contribution in [0, 0.1) is 24.7 Å². The molecule has 10 atom stereocenters. The molecule has 24 nitrogen and oxygen atoms in total. The van der Waals surface area contributed by atoms with Crippen molar-refractivity contribution in [2.75, 3.05) is 81.6 Å². The Kier molecular flexibility index (Phi) is 29.3. The van der Waals surface area contributed by atoms with E-state index in [0.717, 1.165) is 29.0 Å². The molecule has 100 heavy (non-hydrogen) atoms. The molecule has 6 rings (SSSR count). The number of halogens is 4. The highest BCUT2D eigenvalue weighted by atomic mass is 35.5. The van der Waals surface area contributed by atoms with Gasteiger partial charge in [-0.1, -0.05) is 95.5 Å². The van der Waals surface area contributed by atoms with Crippen molar-refractivity contribution in [3.63, 3.8) is 0 Å². The van der Waals surface area contributed by atoms with Crippen LogP contribution in [0.5, 0.6) is 0 Å². The fraction of sp³-hybridized carbons (Fsp3) is 0.667. The minimum Gasteiger partial charge on any atom is -0.354 e. The molecule has 4 heterocycles. The Morgan fingerprint density at radius 1 is 0.630 bits per heavy atom. The summed E-state index contributed by atoms with van der Waals surface area (Å²) in [5, 5.41) is 7.95. The van der Waals surface area contributed by atoms with Gasteiger partial charge in [-0.2, -0.15) is 13.2 Å². The van der Waals surface area contributed by atoms with Crippen LogP contribution in [0.3, 0.4) is 0 Å². The van der Waals surface area contributed by atoms with E-state index in [1.807, 2.05) is 39.8 Å².